The molecule has 4 heteroatoms. The van der Waals surface area contributed by atoms with E-state index in [4.69, 9.17) is 4.52 Å². The lowest BCUT2D eigenvalue weighted by atomic mass is 9.82. The molecule has 0 aromatic carbocycles. The summed E-state index contributed by atoms with van der Waals surface area (Å²) in [7, 11) is 1.97. The summed E-state index contributed by atoms with van der Waals surface area (Å²) < 4.78 is 5.14. The molecule has 13 heavy (non-hydrogen) atoms. The average Bonchev–Trinajstić information content (AvgIpc) is 2.72. The molecule has 0 aliphatic heterocycles. The Kier molecular flexibility index (Phi) is 2.31. The average molecular weight is 181 g/mol. The molecule has 0 amide bonds. The minimum Gasteiger partial charge on any atom is -0.338 e. The SMILES string of the molecule is CNC1(c2ncno2)CCCCC1. The van der Waals surface area contributed by atoms with Gasteiger partial charge in [0.2, 0.25) is 5.89 Å². The fourth-order valence-electron chi connectivity index (χ4n) is 2.11. The van der Waals surface area contributed by atoms with E-state index in [1.165, 1.54) is 25.6 Å². The van der Waals surface area contributed by atoms with Crippen LogP contribution in [0.4, 0.5) is 0 Å². The van der Waals surface area contributed by atoms with Gasteiger partial charge < -0.3 is 9.84 Å². The molecular formula is C9H15N3O. The van der Waals surface area contributed by atoms with Crippen LogP contribution in [0, 0.1) is 0 Å². The third-order valence-corrected chi connectivity index (χ3v) is 2.96. The molecule has 1 N–H and O–H groups in total. The maximum atomic E-state index is 5.14. The molecule has 72 valence electrons. The van der Waals surface area contributed by atoms with Crippen molar-refractivity contribution in [1.29, 1.82) is 0 Å². The predicted octanol–water partition coefficient (Wildman–Crippen LogP) is 1.45. The first-order valence-electron chi connectivity index (χ1n) is 4.83. The predicted molar refractivity (Wildman–Crippen MR) is 48.1 cm³/mol. The van der Waals surface area contributed by atoms with Crippen LogP contribution in [-0.4, -0.2) is 17.2 Å². The van der Waals surface area contributed by atoms with E-state index in [-0.39, 0.29) is 5.54 Å². The van der Waals surface area contributed by atoms with Gasteiger partial charge in [0.15, 0.2) is 6.33 Å². The minimum absolute atomic E-state index is 0.0469. The van der Waals surface area contributed by atoms with E-state index in [9.17, 15) is 0 Å². The smallest absolute Gasteiger partial charge is 0.246 e. The molecule has 1 aromatic rings. The van der Waals surface area contributed by atoms with Gasteiger partial charge in [-0.2, -0.15) is 4.98 Å². The summed E-state index contributed by atoms with van der Waals surface area (Å²) in [5, 5.41) is 6.99. The Morgan fingerprint density at radius 2 is 2.15 bits per heavy atom. The van der Waals surface area contributed by atoms with Gasteiger partial charge in [-0.25, -0.2) is 0 Å². The fraction of sp³-hybridized carbons (Fsp3) is 0.778. The molecule has 0 unspecified atom stereocenters. The Balaban J connectivity index is 2.23. The molecule has 0 radical (unpaired) electrons. The summed E-state index contributed by atoms with van der Waals surface area (Å²) in [4.78, 5) is 4.14. The number of nitrogens with one attached hydrogen (secondary N) is 1. The van der Waals surface area contributed by atoms with Gasteiger partial charge in [0.1, 0.15) is 0 Å². The summed E-state index contributed by atoms with van der Waals surface area (Å²) in [5.41, 5.74) is -0.0469. The molecule has 1 aliphatic rings. The fourth-order valence-corrected chi connectivity index (χ4v) is 2.11. The first-order chi connectivity index (χ1) is 6.37. The van der Waals surface area contributed by atoms with Crippen molar-refractivity contribution in [2.45, 2.75) is 37.6 Å². The summed E-state index contributed by atoms with van der Waals surface area (Å²) >= 11 is 0. The van der Waals surface area contributed by atoms with Crippen LogP contribution in [0.1, 0.15) is 38.0 Å². The van der Waals surface area contributed by atoms with Gasteiger partial charge in [-0.15, -0.1) is 0 Å². The second-order valence-corrected chi connectivity index (χ2v) is 3.64. The Labute approximate surface area is 77.7 Å². The lowest BCUT2D eigenvalue weighted by Gasteiger charge is -2.33. The van der Waals surface area contributed by atoms with Crippen LogP contribution in [0.3, 0.4) is 0 Å². The highest BCUT2D eigenvalue weighted by Crippen LogP contribution is 2.35. The molecular weight excluding hydrogens is 166 g/mol. The minimum atomic E-state index is -0.0469. The van der Waals surface area contributed by atoms with Crippen LogP contribution in [0.5, 0.6) is 0 Å². The molecule has 0 atom stereocenters. The Hall–Kier alpha value is -0.900. The third kappa shape index (κ3) is 1.46. The molecule has 1 saturated carbocycles. The van der Waals surface area contributed by atoms with E-state index in [1.807, 2.05) is 7.05 Å². The number of hydrogen-bond donors (Lipinski definition) is 1. The summed E-state index contributed by atoms with van der Waals surface area (Å²) in [6, 6.07) is 0. The molecule has 0 bridgehead atoms. The van der Waals surface area contributed by atoms with Gasteiger partial charge in [0.05, 0.1) is 5.54 Å². The van der Waals surface area contributed by atoms with Crippen molar-refractivity contribution in [1.82, 2.24) is 15.5 Å². The monoisotopic (exact) mass is 181 g/mol. The maximum absolute atomic E-state index is 5.14. The van der Waals surface area contributed by atoms with E-state index in [1.54, 1.807) is 0 Å². The number of nitrogens with zero attached hydrogens (tertiary/aromatic N) is 2. The van der Waals surface area contributed by atoms with Gasteiger partial charge in [-0.05, 0) is 19.9 Å². The van der Waals surface area contributed by atoms with Crippen LogP contribution in [-0.2, 0) is 5.54 Å². The van der Waals surface area contributed by atoms with Crippen LogP contribution in [0.25, 0.3) is 0 Å². The van der Waals surface area contributed by atoms with Crippen LogP contribution in [0.2, 0.25) is 0 Å². The topological polar surface area (TPSA) is 51.0 Å². The largest absolute Gasteiger partial charge is 0.338 e. The van der Waals surface area contributed by atoms with E-state index in [0.717, 1.165) is 18.7 Å². The van der Waals surface area contributed by atoms with Crippen molar-refractivity contribution in [3.8, 4) is 0 Å². The zero-order chi connectivity index (χ0) is 9.15. The first-order valence-corrected chi connectivity index (χ1v) is 4.83. The van der Waals surface area contributed by atoms with Crippen molar-refractivity contribution in [2.75, 3.05) is 7.05 Å². The second-order valence-electron chi connectivity index (χ2n) is 3.64. The molecule has 1 aliphatic carbocycles. The highest BCUT2D eigenvalue weighted by Gasteiger charge is 2.36. The van der Waals surface area contributed by atoms with Crippen molar-refractivity contribution >= 4 is 0 Å². The lowest BCUT2D eigenvalue weighted by molar-refractivity contribution is 0.182. The zero-order valence-electron chi connectivity index (χ0n) is 7.92. The standard InChI is InChI=1S/C9H15N3O/c1-10-9(5-3-2-4-6-9)8-11-7-12-13-8/h7,10H,2-6H2,1H3. The van der Waals surface area contributed by atoms with Crippen LogP contribution >= 0.6 is 0 Å². The second kappa shape index (κ2) is 3.46. The molecule has 2 rings (SSSR count). The summed E-state index contributed by atoms with van der Waals surface area (Å²) in [6.45, 7) is 0. The van der Waals surface area contributed by atoms with Crippen molar-refractivity contribution in [3.63, 3.8) is 0 Å². The van der Waals surface area contributed by atoms with Gasteiger partial charge in [0, 0.05) is 0 Å². The Morgan fingerprint density at radius 1 is 1.38 bits per heavy atom. The first kappa shape index (κ1) is 8.69. The molecule has 1 aromatic heterocycles. The van der Waals surface area contributed by atoms with Gasteiger partial charge >= 0.3 is 0 Å². The third-order valence-electron chi connectivity index (χ3n) is 2.96. The normalized spacial score (nSPS) is 21.6. The van der Waals surface area contributed by atoms with E-state index < -0.39 is 0 Å². The number of aromatic nitrogens is 2. The molecule has 4 nitrogen and oxygen atoms in total. The number of hydrogen-bond acceptors (Lipinski definition) is 4. The van der Waals surface area contributed by atoms with E-state index in [0.29, 0.717) is 0 Å². The molecule has 0 spiro atoms. The van der Waals surface area contributed by atoms with Crippen molar-refractivity contribution in [3.05, 3.63) is 12.2 Å². The highest BCUT2D eigenvalue weighted by atomic mass is 16.5. The van der Waals surface area contributed by atoms with Crippen LogP contribution in [0.15, 0.2) is 10.9 Å². The van der Waals surface area contributed by atoms with Crippen LogP contribution < -0.4 is 5.32 Å². The molecule has 1 heterocycles. The van der Waals surface area contributed by atoms with Gasteiger partial charge in [-0.1, -0.05) is 24.4 Å². The van der Waals surface area contributed by atoms with E-state index >= 15 is 0 Å². The van der Waals surface area contributed by atoms with Crippen molar-refractivity contribution in [2.24, 2.45) is 0 Å². The van der Waals surface area contributed by atoms with E-state index in [2.05, 4.69) is 15.5 Å². The molecule has 1 fully saturated rings. The highest BCUT2D eigenvalue weighted by molar-refractivity contribution is 5.02. The van der Waals surface area contributed by atoms with Crippen molar-refractivity contribution < 1.29 is 4.52 Å². The van der Waals surface area contributed by atoms with Gasteiger partial charge in [-0.3, -0.25) is 0 Å². The Morgan fingerprint density at radius 3 is 2.69 bits per heavy atom. The Bertz CT molecular complexity index is 252. The van der Waals surface area contributed by atoms with Gasteiger partial charge in [0.25, 0.3) is 0 Å². The zero-order valence-corrected chi connectivity index (χ0v) is 7.92. The maximum Gasteiger partial charge on any atom is 0.246 e. The summed E-state index contributed by atoms with van der Waals surface area (Å²) in [6.07, 6.45) is 7.48. The number of rotatable bonds is 2. The molecule has 0 saturated heterocycles. The summed E-state index contributed by atoms with van der Waals surface area (Å²) in [5.74, 6) is 0.745. The lowest BCUT2D eigenvalue weighted by Crippen LogP contribution is -2.42. The quantitative estimate of drug-likeness (QED) is 0.750.